The summed E-state index contributed by atoms with van der Waals surface area (Å²) in [5, 5.41) is 23.8. The Balaban J connectivity index is 2.07. The number of amides is 1. The molecular weight excluding hydrogens is 270 g/mol. The maximum atomic E-state index is 12.3. The van der Waals surface area contributed by atoms with Crippen molar-refractivity contribution in [3.05, 3.63) is 30.5 Å². The Morgan fingerprint density at radius 1 is 1.33 bits per heavy atom. The first-order valence-corrected chi connectivity index (χ1v) is 6.85. The van der Waals surface area contributed by atoms with Crippen LogP contribution in [-0.2, 0) is 11.3 Å². The summed E-state index contributed by atoms with van der Waals surface area (Å²) >= 11 is 0. The highest BCUT2D eigenvalue weighted by Crippen LogP contribution is 2.16. The van der Waals surface area contributed by atoms with Crippen LogP contribution in [0.15, 0.2) is 30.5 Å². The molecule has 2 N–H and O–H groups in total. The maximum absolute atomic E-state index is 12.3. The third-order valence-corrected chi connectivity index (χ3v) is 3.64. The van der Waals surface area contributed by atoms with Crippen molar-refractivity contribution in [1.82, 2.24) is 14.7 Å². The number of carbonyl (C=O) groups excluding carboxylic acids is 1. The number of likely N-dealkylation sites (N-methyl/N-ethyl adjacent to an activating group) is 1. The summed E-state index contributed by atoms with van der Waals surface area (Å²) in [6, 6.07) is 7.70. The fraction of sp³-hybridized carbons (Fsp3) is 0.467. The van der Waals surface area contributed by atoms with E-state index >= 15 is 0 Å². The monoisotopic (exact) mass is 291 g/mol. The molecule has 6 nitrogen and oxygen atoms in total. The van der Waals surface area contributed by atoms with Gasteiger partial charge < -0.3 is 15.1 Å². The van der Waals surface area contributed by atoms with Crippen molar-refractivity contribution in [1.29, 1.82) is 0 Å². The second-order valence-electron chi connectivity index (χ2n) is 5.74. The maximum Gasteiger partial charge on any atom is 0.244 e. The van der Waals surface area contributed by atoms with Crippen LogP contribution in [0.2, 0.25) is 0 Å². The summed E-state index contributed by atoms with van der Waals surface area (Å²) in [7, 11) is 1.66. The molecule has 0 spiro atoms. The molecular formula is C15H21N3O3. The molecule has 0 bridgehead atoms. The second kappa shape index (κ2) is 6.24. The highest BCUT2D eigenvalue weighted by Gasteiger charge is 2.26. The SMILES string of the molecule is CN(CC(C)(CO)CO)C(=O)Cn1ncc2ccccc21. The van der Waals surface area contributed by atoms with Crippen LogP contribution in [-0.4, -0.2) is 57.6 Å². The fourth-order valence-electron chi connectivity index (χ4n) is 2.21. The zero-order valence-electron chi connectivity index (χ0n) is 12.4. The molecule has 0 atom stereocenters. The summed E-state index contributed by atoms with van der Waals surface area (Å²) in [5.41, 5.74) is 0.211. The Bertz CT molecular complexity index is 619. The summed E-state index contributed by atoms with van der Waals surface area (Å²) in [6.45, 7) is 1.81. The van der Waals surface area contributed by atoms with Crippen LogP contribution in [0.3, 0.4) is 0 Å². The van der Waals surface area contributed by atoms with Crippen LogP contribution < -0.4 is 0 Å². The summed E-state index contributed by atoms with van der Waals surface area (Å²) in [5.74, 6) is -0.114. The van der Waals surface area contributed by atoms with Crippen molar-refractivity contribution in [2.45, 2.75) is 13.5 Å². The van der Waals surface area contributed by atoms with Gasteiger partial charge in [0, 0.05) is 24.4 Å². The van der Waals surface area contributed by atoms with Gasteiger partial charge in [0.25, 0.3) is 0 Å². The van der Waals surface area contributed by atoms with Crippen LogP contribution in [0.4, 0.5) is 0 Å². The Morgan fingerprint density at radius 2 is 2.00 bits per heavy atom. The zero-order valence-corrected chi connectivity index (χ0v) is 12.4. The topological polar surface area (TPSA) is 78.6 Å². The molecule has 0 radical (unpaired) electrons. The lowest BCUT2D eigenvalue weighted by Crippen LogP contribution is -2.42. The van der Waals surface area contributed by atoms with Gasteiger partial charge in [0.15, 0.2) is 0 Å². The molecule has 114 valence electrons. The van der Waals surface area contributed by atoms with Gasteiger partial charge in [-0.1, -0.05) is 25.1 Å². The molecule has 1 aromatic heterocycles. The molecule has 21 heavy (non-hydrogen) atoms. The van der Waals surface area contributed by atoms with Gasteiger partial charge in [-0.15, -0.1) is 0 Å². The van der Waals surface area contributed by atoms with E-state index in [4.69, 9.17) is 0 Å². The Hall–Kier alpha value is -1.92. The highest BCUT2D eigenvalue weighted by molar-refractivity contribution is 5.81. The van der Waals surface area contributed by atoms with Crippen molar-refractivity contribution >= 4 is 16.8 Å². The molecule has 0 saturated heterocycles. The number of rotatable bonds is 6. The average Bonchev–Trinajstić information content (AvgIpc) is 2.90. The van der Waals surface area contributed by atoms with E-state index in [1.54, 1.807) is 24.9 Å². The van der Waals surface area contributed by atoms with Gasteiger partial charge in [0.1, 0.15) is 6.54 Å². The van der Waals surface area contributed by atoms with E-state index < -0.39 is 5.41 Å². The lowest BCUT2D eigenvalue weighted by Gasteiger charge is -2.30. The van der Waals surface area contributed by atoms with E-state index in [0.717, 1.165) is 10.9 Å². The van der Waals surface area contributed by atoms with E-state index in [1.807, 2.05) is 24.3 Å². The van der Waals surface area contributed by atoms with E-state index in [9.17, 15) is 15.0 Å². The number of hydrogen-bond acceptors (Lipinski definition) is 4. The number of nitrogens with zero attached hydrogens (tertiary/aromatic N) is 3. The molecule has 0 aliphatic carbocycles. The predicted molar refractivity (Wildman–Crippen MR) is 79.6 cm³/mol. The number of fused-ring (bicyclic) bond motifs is 1. The molecule has 2 aromatic rings. The molecule has 1 amide bonds. The third-order valence-electron chi connectivity index (χ3n) is 3.64. The molecule has 0 unspecified atom stereocenters. The lowest BCUT2D eigenvalue weighted by atomic mass is 9.92. The van der Waals surface area contributed by atoms with Crippen molar-refractivity contribution in [3.8, 4) is 0 Å². The molecule has 0 aliphatic heterocycles. The van der Waals surface area contributed by atoms with Crippen LogP contribution in [0.1, 0.15) is 6.92 Å². The largest absolute Gasteiger partial charge is 0.396 e. The lowest BCUT2D eigenvalue weighted by molar-refractivity contribution is -0.132. The zero-order chi connectivity index (χ0) is 15.5. The van der Waals surface area contributed by atoms with Crippen molar-refractivity contribution in [3.63, 3.8) is 0 Å². The second-order valence-corrected chi connectivity index (χ2v) is 5.74. The molecule has 1 heterocycles. The minimum Gasteiger partial charge on any atom is -0.396 e. The number of aliphatic hydroxyl groups excluding tert-OH is 2. The molecule has 6 heteroatoms. The Morgan fingerprint density at radius 3 is 2.67 bits per heavy atom. The molecule has 0 aliphatic rings. The first-order chi connectivity index (χ1) is 9.99. The summed E-state index contributed by atoms with van der Waals surface area (Å²) < 4.78 is 1.66. The minimum atomic E-state index is -0.698. The number of benzene rings is 1. The molecule has 2 rings (SSSR count). The quantitative estimate of drug-likeness (QED) is 0.811. The molecule has 1 aromatic carbocycles. The van der Waals surface area contributed by atoms with Crippen molar-refractivity contribution in [2.75, 3.05) is 26.8 Å². The number of hydrogen-bond donors (Lipinski definition) is 2. The molecule has 0 saturated carbocycles. The number of aliphatic hydroxyl groups is 2. The first kappa shape index (κ1) is 15.5. The molecule has 0 fully saturated rings. The standard InChI is InChI=1S/C15H21N3O3/c1-15(10-19,11-20)9-17(2)14(21)8-18-13-6-4-3-5-12(13)7-16-18/h3-7,19-20H,8-11H2,1-2H3. The third kappa shape index (κ3) is 3.40. The van der Waals surface area contributed by atoms with Gasteiger partial charge in [-0.3, -0.25) is 9.48 Å². The summed E-state index contributed by atoms with van der Waals surface area (Å²) in [6.07, 6.45) is 1.73. The minimum absolute atomic E-state index is 0.114. The summed E-state index contributed by atoms with van der Waals surface area (Å²) in [4.78, 5) is 13.8. The van der Waals surface area contributed by atoms with Gasteiger partial charge in [0.05, 0.1) is 24.9 Å². The Kier molecular flexibility index (Phi) is 4.59. The van der Waals surface area contributed by atoms with E-state index in [2.05, 4.69) is 5.10 Å². The van der Waals surface area contributed by atoms with Gasteiger partial charge in [-0.05, 0) is 6.07 Å². The van der Waals surface area contributed by atoms with Gasteiger partial charge in [0.2, 0.25) is 5.91 Å². The van der Waals surface area contributed by atoms with E-state index in [-0.39, 0.29) is 32.2 Å². The normalized spacial score (nSPS) is 11.8. The number of carbonyl (C=O) groups is 1. The van der Waals surface area contributed by atoms with Gasteiger partial charge in [-0.25, -0.2) is 0 Å². The van der Waals surface area contributed by atoms with Gasteiger partial charge in [-0.2, -0.15) is 5.10 Å². The highest BCUT2D eigenvalue weighted by atomic mass is 16.3. The van der Waals surface area contributed by atoms with Gasteiger partial charge >= 0.3 is 0 Å². The smallest absolute Gasteiger partial charge is 0.244 e. The van der Waals surface area contributed by atoms with Crippen LogP contribution in [0.25, 0.3) is 10.9 Å². The first-order valence-electron chi connectivity index (χ1n) is 6.85. The predicted octanol–water partition coefficient (Wildman–Crippen LogP) is 0.486. The fourth-order valence-corrected chi connectivity index (χ4v) is 2.21. The van der Waals surface area contributed by atoms with Crippen molar-refractivity contribution < 1.29 is 15.0 Å². The average molecular weight is 291 g/mol. The Labute approximate surface area is 123 Å². The van der Waals surface area contributed by atoms with E-state index in [1.165, 1.54) is 4.90 Å². The van der Waals surface area contributed by atoms with Crippen molar-refractivity contribution in [2.24, 2.45) is 5.41 Å². The van der Waals surface area contributed by atoms with E-state index in [0.29, 0.717) is 0 Å². The van der Waals surface area contributed by atoms with Crippen LogP contribution in [0.5, 0.6) is 0 Å². The number of para-hydroxylation sites is 1. The number of aromatic nitrogens is 2. The van der Waals surface area contributed by atoms with Crippen LogP contribution in [0, 0.1) is 5.41 Å². The van der Waals surface area contributed by atoms with Crippen LogP contribution >= 0.6 is 0 Å².